The highest BCUT2D eigenvalue weighted by Crippen LogP contribution is 2.14. The van der Waals surface area contributed by atoms with Crippen LogP contribution in [0.3, 0.4) is 0 Å². The molecule has 0 unspecified atom stereocenters. The smallest absolute Gasteiger partial charge is 0.305 e. The van der Waals surface area contributed by atoms with Gasteiger partial charge in [-0.3, -0.25) is 9.59 Å². The highest BCUT2D eigenvalue weighted by atomic mass is 16.6. The van der Waals surface area contributed by atoms with Crippen molar-refractivity contribution >= 4 is 11.9 Å². The van der Waals surface area contributed by atoms with Crippen molar-refractivity contribution in [3.8, 4) is 0 Å². The van der Waals surface area contributed by atoms with E-state index in [1.165, 1.54) is 141 Å². The molecule has 9 heteroatoms. The zero-order chi connectivity index (χ0) is 38.4. The standard InChI is InChI=1S/C44H86O9/c1-3-5-7-9-11-13-15-17-19-21-23-25-27-29-43(45)52-41-39-50-37-35-48-33-31-47-32-34-49-36-38-51-40-42-53-44(46)30-28-26-24-22-20-18-16-14-12-10-8-6-4-2/h3-42H2,1-2H3. The third-order valence-electron chi connectivity index (χ3n) is 9.44. The van der Waals surface area contributed by atoms with Crippen LogP contribution in [-0.4, -0.2) is 91.2 Å². The second-order valence-electron chi connectivity index (χ2n) is 14.5. The lowest BCUT2D eigenvalue weighted by Gasteiger charge is -2.09. The third-order valence-corrected chi connectivity index (χ3v) is 9.44. The van der Waals surface area contributed by atoms with Crippen LogP contribution in [0.5, 0.6) is 0 Å². The third kappa shape index (κ3) is 46.8. The second kappa shape index (κ2) is 46.9. The van der Waals surface area contributed by atoms with E-state index in [0.717, 1.165) is 25.7 Å². The lowest BCUT2D eigenvalue weighted by atomic mass is 10.0. The summed E-state index contributed by atoms with van der Waals surface area (Å²) in [4.78, 5) is 23.8. The quantitative estimate of drug-likeness (QED) is 0.0444. The molecule has 0 aromatic heterocycles. The Morgan fingerprint density at radius 1 is 0.264 bits per heavy atom. The summed E-state index contributed by atoms with van der Waals surface area (Å²) in [6.45, 7) is 9.68. The van der Waals surface area contributed by atoms with Gasteiger partial charge in [0.2, 0.25) is 0 Å². The van der Waals surface area contributed by atoms with Crippen LogP contribution in [0.1, 0.15) is 194 Å². The molecule has 0 heterocycles. The fraction of sp³-hybridized carbons (Fsp3) is 0.955. The SMILES string of the molecule is CCCCCCCCCCCCCCCC(=O)OCCOCCOCCOCCOCCOCCOC(=O)CCCCCCCCCCCCCCC. The molecule has 0 aromatic rings. The molecular formula is C44H86O9. The van der Waals surface area contributed by atoms with Gasteiger partial charge in [-0.2, -0.15) is 0 Å². The highest BCUT2D eigenvalue weighted by molar-refractivity contribution is 5.69. The van der Waals surface area contributed by atoms with Gasteiger partial charge in [-0.1, -0.05) is 168 Å². The van der Waals surface area contributed by atoms with Crippen LogP contribution in [-0.2, 0) is 42.7 Å². The van der Waals surface area contributed by atoms with Crippen molar-refractivity contribution in [2.45, 2.75) is 194 Å². The summed E-state index contributed by atoms with van der Waals surface area (Å²) in [5, 5.41) is 0. The maximum Gasteiger partial charge on any atom is 0.305 e. The Kier molecular flexibility index (Phi) is 45.8. The summed E-state index contributed by atoms with van der Waals surface area (Å²) in [5.41, 5.74) is 0. The second-order valence-corrected chi connectivity index (χ2v) is 14.5. The van der Waals surface area contributed by atoms with Crippen molar-refractivity contribution in [3.05, 3.63) is 0 Å². The molecule has 9 nitrogen and oxygen atoms in total. The first-order valence-corrected chi connectivity index (χ1v) is 22.4. The van der Waals surface area contributed by atoms with Gasteiger partial charge >= 0.3 is 11.9 Å². The first-order chi connectivity index (χ1) is 26.2. The first kappa shape index (κ1) is 51.7. The minimum atomic E-state index is -0.130. The molecule has 53 heavy (non-hydrogen) atoms. The van der Waals surface area contributed by atoms with Gasteiger partial charge < -0.3 is 33.2 Å². The predicted octanol–water partition coefficient (Wildman–Crippen LogP) is 11.1. The number of hydrogen-bond acceptors (Lipinski definition) is 9. The van der Waals surface area contributed by atoms with Gasteiger partial charge in [0.1, 0.15) is 13.2 Å². The Morgan fingerprint density at radius 2 is 0.453 bits per heavy atom. The number of esters is 2. The molecule has 0 aliphatic carbocycles. The monoisotopic (exact) mass is 759 g/mol. The minimum absolute atomic E-state index is 0.130. The van der Waals surface area contributed by atoms with Crippen molar-refractivity contribution in [2.75, 3.05) is 79.3 Å². The van der Waals surface area contributed by atoms with Crippen LogP contribution in [0.2, 0.25) is 0 Å². The summed E-state index contributed by atoms with van der Waals surface area (Å²) in [7, 11) is 0. The molecule has 0 fully saturated rings. The molecule has 0 rings (SSSR count). The van der Waals surface area contributed by atoms with Crippen molar-refractivity contribution in [3.63, 3.8) is 0 Å². The van der Waals surface area contributed by atoms with E-state index in [1.807, 2.05) is 0 Å². The fourth-order valence-corrected chi connectivity index (χ4v) is 6.13. The Hall–Kier alpha value is -1.26. The number of hydrogen-bond donors (Lipinski definition) is 0. The predicted molar refractivity (Wildman–Crippen MR) is 217 cm³/mol. The molecule has 0 saturated heterocycles. The van der Waals surface area contributed by atoms with E-state index in [-0.39, 0.29) is 11.9 Å². The molecule has 0 aromatic carbocycles. The summed E-state index contributed by atoms with van der Waals surface area (Å²) in [5.74, 6) is -0.260. The summed E-state index contributed by atoms with van der Waals surface area (Å²) in [6, 6.07) is 0. The molecule has 0 spiro atoms. The van der Waals surface area contributed by atoms with Crippen LogP contribution in [0, 0.1) is 0 Å². The molecule has 0 radical (unpaired) electrons. The van der Waals surface area contributed by atoms with E-state index >= 15 is 0 Å². The summed E-state index contributed by atoms with van der Waals surface area (Å²) < 4.78 is 38.0. The van der Waals surface area contributed by atoms with E-state index in [1.54, 1.807) is 0 Å². The molecule has 0 bridgehead atoms. The number of ether oxygens (including phenoxy) is 7. The average Bonchev–Trinajstić information content (AvgIpc) is 3.16. The van der Waals surface area contributed by atoms with Gasteiger partial charge in [-0.25, -0.2) is 0 Å². The van der Waals surface area contributed by atoms with Crippen LogP contribution in [0.25, 0.3) is 0 Å². The molecule has 0 aliphatic rings. The molecule has 0 N–H and O–H groups in total. The number of carbonyl (C=O) groups is 2. The fourth-order valence-electron chi connectivity index (χ4n) is 6.13. The number of carbonyl (C=O) groups excluding carboxylic acids is 2. The number of rotatable bonds is 46. The Morgan fingerprint density at radius 3 is 0.679 bits per heavy atom. The maximum absolute atomic E-state index is 11.9. The van der Waals surface area contributed by atoms with Gasteiger partial charge in [-0.15, -0.1) is 0 Å². The Labute approximate surface area is 327 Å². The molecule has 316 valence electrons. The van der Waals surface area contributed by atoms with Crippen LogP contribution in [0.15, 0.2) is 0 Å². The normalized spacial score (nSPS) is 11.4. The van der Waals surface area contributed by atoms with Gasteiger partial charge in [0.25, 0.3) is 0 Å². The zero-order valence-electron chi connectivity index (χ0n) is 35.0. The van der Waals surface area contributed by atoms with Gasteiger partial charge in [0.15, 0.2) is 0 Å². The topological polar surface area (TPSA) is 98.8 Å². The molecule has 0 amide bonds. The maximum atomic E-state index is 11.9. The minimum Gasteiger partial charge on any atom is -0.463 e. The summed E-state index contributed by atoms with van der Waals surface area (Å²) >= 11 is 0. The lowest BCUT2D eigenvalue weighted by molar-refractivity contribution is -0.146. The zero-order valence-corrected chi connectivity index (χ0v) is 35.0. The Bertz CT molecular complexity index is 663. The van der Waals surface area contributed by atoms with Crippen molar-refractivity contribution in [1.82, 2.24) is 0 Å². The molecule has 0 saturated carbocycles. The molecule has 0 aliphatic heterocycles. The first-order valence-electron chi connectivity index (χ1n) is 22.4. The molecular weight excluding hydrogens is 672 g/mol. The lowest BCUT2D eigenvalue weighted by Crippen LogP contribution is -2.15. The van der Waals surface area contributed by atoms with Gasteiger partial charge in [0.05, 0.1) is 66.1 Å². The highest BCUT2D eigenvalue weighted by Gasteiger charge is 2.04. The molecule has 0 atom stereocenters. The largest absolute Gasteiger partial charge is 0.463 e. The van der Waals surface area contributed by atoms with E-state index in [9.17, 15) is 9.59 Å². The Balaban J connectivity index is 3.19. The van der Waals surface area contributed by atoms with E-state index < -0.39 is 0 Å². The van der Waals surface area contributed by atoms with E-state index in [2.05, 4.69) is 13.8 Å². The van der Waals surface area contributed by atoms with E-state index in [4.69, 9.17) is 33.2 Å². The van der Waals surface area contributed by atoms with Crippen LogP contribution in [0.4, 0.5) is 0 Å². The van der Waals surface area contributed by atoms with Gasteiger partial charge in [-0.05, 0) is 12.8 Å². The van der Waals surface area contributed by atoms with Crippen LogP contribution < -0.4 is 0 Å². The average molecular weight is 759 g/mol. The number of unbranched alkanes of at least 4 members (excludes halogenated alkanes) is 24. The summed E-state index contributed by atoms with van der Waals surface area (Å²) in [6.07, 6.45) is 34.7. The van der Waals surface area contributed by atoms with Crippen molar-refractivity contribution < 1.29 is 42.7 Å². The van der Waals surface area contributed by atoms with E-state index in [0.29, 0.717) is 92.1 Å². The van der Waals surface area contributed by atoms with Crippen LogP contribution >= 0.6 is 0 Å². The van der Waals surface area contributed by atoms with Gasteiger partial charge in [0, 0.05) is 12.8 Å². The van der Waals surface area contributed by atoms with Crippen molar-refractivity contribution in [2.24, 2.45) is 0 Å². The van der Waals surface area contributed by atoms with Crippen molar-refractivity contribution in [1.29, 1.82) is 0 Å².